The fourth-order valence-electron chi connectivity index (χ4n) is 5.38. The van der Waals surface area contributed by atoms with Gasteiger partial charge in [-0.25, -0.2) is 19.9 Å². The van der Waals surface area contributed by atoms with Gasteiger partial charge in [0.25, 0.3) is 5.88 Å². The molecule has 0 spiro atoms. The van der Waals surface area contributed by atoms with Gasteiger partial charge < -0.3 is 34.4 Å². The summed E-state index contributed by atoms with van der Waals surface area (Å²) in [5.41, 5.74) is 0.758. The Kier molecular flexibility index (Phi) is 7.28. The SMILES string of the molecule is CN1CCC(Oc2cnc(NC3CCC(Oc4nc5cc(N6CCOCC6)ncc5cc4O)CC3)nc2)C1. The fraction of sp³-hybridized carbons (Fsp3) is 0.556. The number of morpholine rings is 1. The molecule has 38 heavy (non-hydrogen) atoms. The van der Waals surface area contributed by atoms with Crippen LogP contribution in [0.25, 0.3) is 10.9 Å². The molecule has 3 aromatic rings. The molecule has 0 bridgehead atoms. The fourth-order valence-corrected chi connectivity index (χ4v) is 5.38. The van der Waals surface area contributed by atoms with Crippen LogP contribution in [0.3, 0.4) is 0 Å². The van der Waals surface area contributed by atoms with Crippen molar-refractivity contribution in [1.29, 1.82) is 0 Å². The molecular weight excluding hydrogens is 486 g/mol. The highest BCUT2D eigenvalue weighted by molar-refractivity contribution is 5.82. The number of likely N-dealkylation sites (N-methyl/N-ethyl adjacent to an activating group) is 1. The van der Waals surface area contributed by atoms with E-state index in [-0.39, 0.29) is 29.9 Å². The van der Waals surface area contributed by atoms with E-state index < -0.39 is 0 Å². The van der Waals surface area contributed by atoms with Gasteiger partial charge >= 0.3 is 0 Å². The summed E-state index contributed by atoms with van der Waals surface area (Å²) in [5, 5.41) is 14.8. The molecule has 1 saturated carbocycles. The number of rotatable bonds is 7. The molecule has 3 aromatic heterocycles. The maximum Gasteiger partial charge on any atom is 0.257 e. The van der Waals surface area contributed by atoms with Gasteiger partial charge in [-0.05, 0) is 45.2 Å². The number of fused-ring (bicyclic) bond motifs is 1. The van der Waals surface area contributed by atoms with Gasteiger partial charge in [0.05, 0.1) is 31.1 Å². The Balaban J connectivity index is 1.02. The second kappa shape index (κ2) is 11.1. The molecule has 11 heteroatoms. The van der Waals surface area contributed by atoms with E-state index in [2.05, 4.69) is 42.1 Å². The molecule has 1 atom stereocenters. The number of likely N-dealkylation sites (tertiary alicyclic amines) is 1. The summed E-state index contributed by atoms with van der Waals surface area (Å²) in [7, 11) is 2.10. The first-order valence-electron chi connectivity index (χ1n) is 13.5. The van der Waals surface area contributed by atoms with Crippen LogP contribution in [0.4, 0.5) is 11.8 Å². The van der Waals surface area contributed by atoms with E-state index in [1.54, 1.807) is 24.7 Å². The summed E-state index contributed by atoms with van der Waals surface area (Å²) < 4.78 is 17.6. The molecule has 5 heterocycles. The summed E-state index contributed by atoms with van der Waals surface area (Å²) >= 11 is 0. The van der Waals surface area contributed by atoms with Crippen LogP contribution in [0.15, 0.2) is 30.7 Å². The average molecular weight is 522 g/mol. The molecular formula is C27H35N7O4. The monoisotopic (exact) mass is 521 g/mol. The van der Waals surface area contributed by atoms with Crippen LogP contribution >= 0.6 is 0 Å². The van der Waals surface area contributed by atoms with E-state index in [0.29, 0.717) is 24.9 Å². The van der Waals surface area contributed by atoms with Crippen LogP contribution in [0.5, 0.6) is 17.4 Å². The standard InChI is InChI=1S/C27H35N7O4/c1-33-7-6-21(17-33)37-22-15-29-27(30-16-22)31-19-2-4-20(5-3-19)38-26-24(35)12-18-14-28-25(13-23(18)32-26)34-8-10-36-11-9-34/h12-16,19-21,35H,2-11,17H2,1H3,(H,29,30,31). The molecule has 2 saturated heterocycles. The normalized spacial score (nSPS) is 24.4. The molecule has 11 nitrogen and oxygen atoms in total. The van der Waals surface area contributed by atoms with Gasteiger partial charge in [-0.1, -0.05) is 0 Å². The van der Waals surface area contributed by atoms with E-state index >= 15 is 0 Å². The van der Waals surface area contributed by atoms with Gasteiger partial charge in [0, 0.05) is 49.9 Å². The van der Waals surface area contributed by atoms with E-state index in [1.807, 2.05) is 6.07 Å². The first-order chi connectivity index (χ1) is 18.6. The number of hydrogen-bond acceptors (Lipinski definition) is 11. The van der Waals surface area contributed by atoms with E-state index in [4.69, 9.17) is 14.2 Å². The lowest BCUT2D eigenvalue weighted by Crippen LogP contribution is -2.36. The third-order valence-corrected chi connectivity index (χ3v) is 7.53. The van der Waals surface area contributed by atoms with E-state index in [9.17, 15) is 5.11 Å². The summed E-state index contributed by atoms with van der Waals surface area (Å²) in [5.74, 6) is 2.51. The minimum atomic E-state index is -0.00862. The molecule has 3 aliphatic rings. The maximum atomic E-state index is 10.5. The van der Waals surface area contributed by atoms with Gasteiger partial charge in [0.15, 0.2) is 11.5 Å². The zero-order valence-electron chi connectivity index (χ0n) is 21.8. The van der Waals surface area contributed by atoms with Crippen molar-refractivity contribution in [3.8, 4) is 17.4 Å². The van der Waals surface area contributed by atoms with Gasteiger partial charge in [-0.15, -0.1) is 0 Å². The second-order valence-electron chi connectivity index (χ2n) is 10.4. The van der Waals surface area contributed by atoms with Crippen molar-refractivity contribution < 1.29 is 19.3 Å². The highest BCUT2D eigenvalue weighted by Crippen LogP contribution is 2.33. The molecule has 6 rings (SSSR count). The Morgan fingerprint density at radius 1 is 0.921 bits per heavy atom. The smallest absolute Gasteiger partial charge is 0.257 e. The number of pyridine rings is 2. The number of aromatic hydroxyl groups is 1. The maximum absolute atomic E-state index is 10.5. The summed E-state index contributed by atoms with van der Waals surface area (Å²) in [6, 6.07) is 3.90. The van der Waals surface area contributed by atoms with E-state index in [0.717, 1.165) is 75.0 Å². The Labute approximate surface area is 222 Å². The molecule has 202 valence electrons. The highest BCUT2D eigenvalue weighted by Gasteiger charge is 2.25. The summed E-state index contributed by atoms with van der Waals surface area (Å²) in [6.07, 6.45) is 10.0. The van der Waals surface area contributed by atoms with Crippen LogP contribution in [0, 0.1) is 0 Å². The number of aromatic nitrogens is 4. The Morgan fingerprint density at radius 3 is 2.45 bits per heavy atom. The third-order valence-electron chi connectivity index (χ3n) is 7.53. The average Bonchev–Trinajstić information content (AvgIpc) is 3.36. The Morgan fingerprint density at radius 2 is 1.71 bits per heavy atom. The Bertz CT molecular complexity index is 1230. The predicted octanol–water partition coefficient (Wildman–Crippen LogP) is 2.85. The van der Waals surface area contributed by atoms with Gasteiger partial charge in [0.1, 0.15) is 18.0 Å². The van der Waals surface area contributed by atoms with Crippen molar-refractivity contribution in [2.45, 2.75) is 50.4 Å². The van der Waals surface area contributed by atoms with Crippen LogP contribution in [0.2, 0.25) is 0 Å². The number of ether oxygens (including phenoxy) is 3. The van der Waals surface area contributed by atoms with Crippen LogP contribution in [0.1, 0.15) is 32.1 Å². The third kappa shape index (κ3) is 5.83. The second-order valence-corrected chi connectivity index (χ2v) is 10.4. The number of hydrogen-bond donors (Lipinski definition) is 2. The molecule has 0 radical (unpaired) electrons. The largest absolute Gasteiger partial charge is 0.503 e. The number of nitrogens with one attached hydrogen (secondary N) is 1. The van der Waals surface area contributed by atoms with Crippen molar-refractivity contribution >= 4 is 22.7 Å². The first-order valence-corrected chi connectivity index (χ1v) is 13.5. The van der Waals surface area contributed by atoms with Crippen LogP contribution < -0.4 is 19.7 Å². The highest BCUT2D eigenvalue weighted by atomic mass is 16.5. The van der Waals surface area contributed by atoms with Crippen molar-refractivity contribution in [2.75, 3.05) is 56.7 Å². The van der Waals surface area contributed by atoms with Gasteiger partial charge in [-0.2, -0.15) is 0 Å². The lowest BCUT2D eigenvalue weighted by Gasteiger charge is -2.29. The predicted molar refractivity (Wildman–Crippen MR) is 143 cm³/mol. The minimum Gasteiger partial charge on any atom is -0.503 e. The first kappa shape index (κ1) is 24.9. The van der Waals surface area contributed by atoms with Crippen molar-refractivity contribution in [2.24, 2.45) is 0 Å². The zero-order valence-corrected chi connectivity index (χ0v) is 21.8. The van der Waals surface area contributed by atoms with Gasteiger partial charge in [0.2, 0.25) is 5.95 Å². The molecule has 0 aromatic carbocycles. The van der Waals surface area contributed by atoms with Crippen LogP contribution in [-0.2, 0) is 4.74 Å². The molecule has 2 aliphatic heterocycles. The summed E-state index contributed by atoms with van der Waals surface area (Å²) in [4.78, 5) is 22.5. The number of nitrogens with zero attached hydrogens (tertiary/aromatic N) is 6. The van der Waals surface area contributed by atoms with Crippen molar-refractivity contribution in [3.05, 3.63) is 30.7 Å². The van der Waals surface area contributed by atoms with E-state index in [1.165, 1.54) is 0 Å². The van der Waals surface area contributed by atoms with Gasteiger partial charge in [-0.3, -0.25) is 0 Å². The quantitative estimate of drug-likeness (QED) is 0.478. The minimum absolute atomic E-state index is 0.00862. The molecule has 2 N–H and O–H groups in total. The molecule has 0 amide bonds. The Hall–Kier alpha value is -3.44. The van der Waals surface area contributed by atoms with Crippen LogP contribution in [-0.4, -0.2) is 94.6 Å². The molecule has 1 aliphatic carbocycles. The zero-order chi connectivity index (χ0) is 25.9. The lowest BCUT2D eigenvalue weighted by molar-refractivity contribution is 0.122. The molecule has 1 unspecified atom stereocenters. The summed E-state index contributed by atoms with van der Waals surface area (Å²) in [6.45, 7) is 4.99. The molecule has 3 fully saturated rings. The topological polar surface area (TPSA) is 118 Å². The lowest BCUT2D eigenvalue weighted by atomic mass is 9.93. The van der Waals surface area contributed by atoms with Crippen molar-refractivity contribution in [1.82, 2.24) is 24.8 Å². The number of anilines is 2. The van der Waals surface area contributed by atoms with Crippen molar-refractivity contribution in [3.63, 3.8) is 0 Å².